The van der Waals surface area contributed by atoms with Gasteiger partial charge in [-0.2, -0.15) is 0 Å². The highest BCUT2D eigenvalue weighted by Gasteiger charge is 2.35. The molecule has 0 aliphatic carbocycles. The van der Waals surface area contributed by atoms with Crippen LogP contribution in [0.4, 0.5) is 0 Å². The lowest BCUT2D eigenvalue weighted by atomic mass is 10.1. The molecule has 0 saturated carbocycles. The van der Waals surface area contributed by atoms with Crippen molar-refractivity contribution in [3.05, 3.63) is 24.4 Å². The molecule has 0 fully saturated rings. The van der Waals surface area contributed by atoms with E-state index in [9.17, 15) is 9.59 Å². The minimum atomic E-state index is -1.50. The zero-order valence-corrected chi connectivity index (χ0v) is 16.4. The molecule has 0 amide bonds. The van der Waals surface area contributed by atoms with E-state index in [4.69, 9.17) is 9.47 Å². The van der Waals surface area contributed by atoms with E-state index in [1.807, 2.05) is 0 Å². The molecule has 0 aromatic heterocycles. The molecule has 5 nitrogen and oxygen atoms in total. The molecule has 5 heteroatoms. The highest BCUT2D eigenvalue weighted by atomic mass is 16.7. The van der Waals surface area contributed by atoms with Crippen LogP contribution >= 0.6 is 0 Å². The number of carbonyl (C=O) groups is 2. The predicted molar refractivity (Wildman–Crippen MR) is 103 cm³/mol. The van der Waals surface area contributed by atoms with Gasteiger partial charge < -0.3 is 14.8 Å². The topological polar surface area (TPSA) is 64.6 Å². The molecule has 148 valence electrons. The van der Waals surface area contributed by atoms with Crippen LogP contribution in [0.2, 0.25) is 0 Å². The Kier molecular flexibility index (Phi) is 11.5. The number of dihydropyridines is 1. The quantitative estimate of drug-likeness (QED) is 0.263. The van der Waals surface area contributed by atoms with Gasteiger partial charge in [0.15, 0.2) is 0 Å². The standard InChI is InChI=1S/C21H35NO4/c1-3-5-7-9-11-15-19(23)25-21(17-13-14-18-22-21)26-20(24)16-12-10-8-6-4-2/h13-14,17-18,22H,3-12,15-16H2,1-2H3. The van der Waals surface area contributed by atoms with Gasteiger partial charge in [0.2, 0.25) is 0 Å². The SMILES string of the molecule is CCCCCCCC(=O)OC1(OC(=O)CCCCCCC)C=CC=CN1. The second-order valence-corrected chi connectivity index (χ2v) is 6.81. The number of hydrogen-bond donors (Lipinski definition) is 1. The van der Waals surface area contributed by atoms with Crippen LogP contribution in [0, 0.1) is 0 Å². The molecule has 0 atom stereocenters. The van der Waals surface area contributed by atoms with Gasteiger partial charge in [0.1, 0.15) is 0 Å². The van der Waals surface area contributed by atoms with Gasteiger partial charge in [-0.1, -0.05) is 71.3 Å². The summed E-state index contributed by atoms with van der Waals surface area (Å²) < 4.78 is 10.9. The third-order valence-electron chi connectivity index (χ3n) is 4.31. The van der Waals surface area contributed by atoms with E-state index in [2.05, 4.69) is 19.2 Å². The van der Waals surface area contributed by atoms with E-state index < -0.39 is 5.91 Å². The third-order valence-corrected chi connectivity index (χ3v) is 4.31. The average Bonchev–Trinajstić information content (AvgIpc) is 2.62. The van der Waals surface area contributed by atoms with Gasteiger partial charge in [-0.3, -0.25) is 9.59 Å². The zero-order valence-electron chi connectivity index (χ0n) is 16.4. The first kappa shape index (κ1) is 22.3. The van der Waals surface area contributed by atoms with Crippen molar-refractivity contribution in [2.24, 2.45) is 0 Å². The minimum absolute atomic E-state index is 0.333. The molecule has 0 spiro atoms. The maximum Gasteiger partial charge on any atom is 0.361 e. The van der Waals surface area contributed by atoms with Crippen LogP contribution in [0.5, 0.6) is 0 Å². The molecule has 0 aromatic carbocycles. The fourth-order valence-electron chi connectivity index (χ4n) is 2.78. The Bertz CT molecular complexity index is 443. The average molecular weight is 366 g/mol. The van der Waals surface area contributed by atoms with Gasteiger partial charge in [0.25, 0.3) is 0 Å². The molecule has 1 rings (SSSR count). The van der Waals surface area contributed by atoms with E-state index in [1.165, 1.54) is 25.7 Å². The number of nitrogens with one attached hydrogen (secondary N) is 1. The number of esters is 2. The maximum atomic E-state index is 12.2. The van der Waals surface area contributed by atoms with Crippen molar-refractivity contribution in [2.75, 3.05) is 0 Å². The van der Waals surface area contributed by atoms with E-state index in [0.29, 0.717) is 12.8 Å². The molecule has 0 bridgehead atoms. The van der Waals surface area contributed by atoms with Crippen molar-refractivity contribution >= 4 is 11.9 Å². The van der Waals surface area contributed by atoms with Crippen LogP contribution in [0.3, 0.4) is 0 Å². The number of rotatable bonds is 14. The van der Waals surface area contributed by atoms with Crippen molar-refractivity contribution < 1.29 is 19.1 Å². The summed E-state index contributed by atoms with van der Waals surface area (Å²) in [5.41, 5.74) is 0. The summed E-state index contributed by atoms with van der Waals surface area (Å²) in [5.74, 6) is -2.22. The lowest BCUT2D eigenvalue weighted by Crippen LogP contribution is -2.49. The van der Waals surface area contributed by atoms with E-state index >= 15 is 0 Å². The lowest BCUT2D eigenvalue weighted by molar-refractivity contribution is -0.219. The Morgan fingerprint density at radius 1 is 0.769 bits per heavy atom. The lowest BCUT2D eigenvalue weighted by Gasteiger charge is -2.31. The largest absolute Gasteiger partial charge is 0.400 e. The van der Waals surface area contributed by atoms with Gasteiger partial charge in [-0.15, -0.1) is 0 Å². The normalized spacial score (nSPS) is 14.7. The van der Waals surface area contributed by atoms with Crippen LogP contribution in [0.15, 0.2) is 24.4 Å². The summed E-state index contributed by atoms with van der Waals surface area (Å²) in [6.07, 6.45) is 17.9. The van der Waals surface area contributed by atoms with Gasteiger partial charge in [-0.05, 0) is 18.9 Å². The van der Waals surface area contributed by atoms with Crippen LogP contribution in [0.25, 0.3) is 0 Å². The van der Waals surface area contributed by atoms with Gasteiger partial charge in [-0.25, -0.2) is 0 Å². The van der Waals surface area contributed by atoms with Crippen molar-refractivity contribution in [3.8, 4) is 0 Å². The number of carbonyl (C=O) groups excluding carboxylic acids is 2. The highest BCUT2D eigenvalue weighted by molar-refractivity contribution is 5.72. The first-order valence-electron chi connectivity index (χ1n) is 10.2. The Labute approximate surface area is 158 Å². The zero-order chi connectivity index (χ0) is 19.1. The highest BCUT2D eigenvalue weighted by Crippen LogP contribution is 2.19. The first-order chi connectivity index (χ1) is 12.6. The van der Waals surface area contributed by atoms with Crippen molar-refractivity contribution in [1.29, 1.82) is 0 Å². The second kappa shape index (κ2) is 13.4. The number of allylic oxidation sites excluding steroid dienone is 2. The van der Waals surface area contributed by atoms with Crippen LogP contribution in [-0.4, -0.2) is 17.8 Å². The fraction of sp³-hybridized carbons (Fsp3) is 0.714. The van der Waals surface area contributed by atoms with E-state index in [0.717, 1.165) is 38.5 Å². The van der Waals surface area contributed by atoms with Crippen molar-refractivity contribution in [3.63, 3.8) is 0 Å². The van der Waals surface area contributed by atoms with Gasteiger partial charge in [0, 0.05) is 25.1 Å². The third kappa shape index (κ3) is 9.64. The van der Waals surface area contributed by atoms with Crippen LogP contribution in [0.1, 0.15) is 90.9 Å². The summed E-state index contributed by atoms with van der Waals surface area (Å²) in [4.78, 5) is 24.3. The molecule has 1 aliphatic rings. The Morgan fingerprint density at radius 2 is 1.27 bits per heavy atom. The molecule has 26 heavy (non-hydrogen) atoms. The van der Waals surface area contributed by atoms with Crippen molar-refractivity contribution in [2.45, 2.75) is 96.8 Å². The van der Waals surface area contributed by atoms with Crippen molar-refractivity contribution in [1.82, 2.24) is 5.32 Å². The Hall–Kier alpha value is -1.78. The molecule has 1 aliphatic heterocycles. The number of unbranched alkanes of at least 4 members (excludes halogenated alkanes) is 8. The molecular formula is C21H35NO4. The molecule has 1 heterocycles. The number of ether oxygens (including phenoxy) is 2. The van der Waals surface area contributed by atoms with Crippen LogP contribution < -0.4 is 5.32 Å². The Morgan fingerprint density at radius 3 is 1.69 bits per heavy atom. The summed E-state index contributed by atoms with van der Waals surface area (Å²) in [7, 11) is 0. The molecular weight excluding hydrogens is 330 g/mol. The van der Waals surface area contributed by atoms with Gasteiger partial charge in [0.05, 0.1) is 0 Å². The van der Waals surface area contributed by atoms with E-state index in [1.54, 1.807) is 24.4 Å². The summed E-state index contributed by atoms with van der Waals surface area (Å²) in [5, 5.41) is 2.86. The minimum Gasteiger partial charge on any atom is -0.400 e. The molecule has 0 radical (unpaired) electrons. The molecule has 0 saturated heterocycles. The molecule has 1 N–H and O–H groups in total. The smallest absolute Gasteiger partial charge is 0.361 e. The van der Waals surface area contributed by atoms with E-state index in [-0.39, 0.29) is 11.9 Å². The Balaban J connectivity index is 2.41. The number of hydrogen-bond acceptors (Lipinski definition) is 5. The second-order valence-electron chi connectivity index (χ2n) is 6.81. The van der Waals surface area contributed by atoms with Crippen LogP contribution in [-0.2, 0) is 19.1 Å². The predicted octanol–water partition coefficient (Wildman–Crippen LogP) is 5.12. The molecule has 0 unspecified atom stereocenters. The summed E-state index contributed by atoms with van der Waals surface area (Å²) >= 11 is 0. The fourth-order valence-corrected chi connectivity index (χ4v) is 2.78. The summed E-state index contributed by atoms with van der Waals surface area (Å²) in [6, 6.07) is 0. The van der Waals surface area contributed by atoms with Gasteiger partial charge >= 0.3 is 17.8 Å². The monoisotopic (exact) mass is 365 g/mol. The first-order valence-corrected chi connectivity index (χ1v) is 10.2. The maximum absolute atomic E-state index is 12.2. The summed E-state index contributed by atoms with van der Waals surface area (Å²) in [6.45, 7) is 4.32. The molecule has 0 aromatic rings.